The summed E-state index contributed by atoms with van der Waals surface area (Å²) in [6, 6.07) is 4.62. The van der Waals surface area contributed by atoms with Gasteiger partial charge in [0.2, 0.25) is 0 Å². The molecule has 1 aromatic rings. The Bertz CT molecular complexity index is 297. The zero-order chi connectivity index (χ0) is 8.97. The number of hydrogen-bond donors (Lipinski definition) is 0. The Morgan fingerprint density at radius 3 is 2.92 bits per heavy atom. The van der Waals surface area contributed by atoms with Gasteiger partial charge < -0.3 is 4.74 Å². The van der Waals surface area contributed by atoms with Crippen LogP contribution in [0.25, 0.3) is 6.08 Å². The van der Waals surface area contributed by atoms with Crippen molar-refractivity contribution in [2.45, 2.75) is 0 Å². The SMILES string of the molecule is CO/C=C/c1cccc(F)c1Cl. The molecule has 3 heteroatoms. The fourth-order valence-electron chi connectivity index (χ4n) is 0.791. The van der Waals surface area contributed by atoms with E-state index in [0.717, 1.165) is 0 Å². The molecule has 12 heavy (non-hydrogen) atoms. The van der Waals surface area contributed by atoms with E-state index in [-0.39, 0.29) is 5.02 Å². The number of halogens is 2. The Labute approximate surface area is 75.4 Å². The van der Waals surface area contributed by atoms with Gasteiger partial charge in [-0.25, -0.2) is 4.39 Å². The molecule has 0 N–H and O–H groups in total. The van der Waals surface area contributed by atoms with Crippen molar-refractivity contribution in [2.24, 2.45) is 0 Å². The first-order valence-electron chi connectivity index (χ1n) is 3.39. The fourth-order valence-corrected chi connectivity index (χ4v) is 0.980. The van der Waals surface area contributed by atoms with E-state index in [1.54, 1.807) is 18.2 Å². The highest BCUT2D eigenvalue weighted by molar-refractivity contribution is 6.32. The molecule has 1 rings (SSSR count). The summed E-state index contributed by atoms with van der Waals surface area (Å²) in [5, 5.41) is 0.116. The molecule has 0 unspecified atom stereocenters. The lowest BCUT2D eigenvalue weighted by atomic mass is 10.2. The highest BCUT2D eigenvalue weighted by Crippen LogP contribution is 2.20. The van der Waals surface area contributed by atoms with Crippen LogP contribution in [0.1, 0.15) is 5.56 Å². The largest absolute Gasteiger partial charge is 0.504 e. The summed E-state index contributed by atoms with van der Waals surface area (Å²) in [4.78, 5) is 0. The Kier molecular flexibility index (Phi) is 3.11. The Balaban J connectivity index is 3.00. The van der Waals surface area contributed by atoms with E-state index >= 15 is 0 Å². The minimum atomic E-state index is -0.421. The first kappa shape index (κ1) is 9.07. The van der Waals surface area contributed by atoms with Crippen molar-refractivity contribution in [1.82, 2.24) is 0 Å². The minimum Gasteiger partial charge on any atom is -0.504 e. The normalized spacial score (nSPS) is 10.6. The first-order chi connectivity index (χ1) is 5.75. The molecule has 0 spiro atoms. The molecule has 0 saturated carbocycles. The number of benzene rings is 1. The van der Waals surface area contributed by atoms with E-state index in [4.69, 9.17) is 11.6 Å². The van der Waals surface area contributed by atoms with Crippen molar-refractivity contribution >= 4 is 17.7 Å². The zero-order valence-electron chi connectivity index (χ0n) is 6.55. The van der Waals surface area contributed by atoms with Crippen molar-refractivity contribution in [3.8, 4) is 0 Å². The predicted octanol–water partition coefficient (Wildman–Crippen LogP) is 3.10. The number of ether oxygens (including phenoxy) is 1. The molecule has 64 valence electrons. The van der Waals surface area contributed by atoms with Crippen LogP contribution in [0.15, 0.2) is 24.5 Å². The van der Waals surface area contributed by atoms with Gasteiger partial charge in [0.05, 0.1) is 18.4 Å². The molecular weight excluding hydrogens is 179 g/mol. The van der Waals surface area contributed by atoms with Crippen LogP contribution in [-0.2, 0) is 4.74 Å². The van der Waals surface area contributed by atoms with Crippen LogP contribution in [-0.4, -0.2) is 7.11 Å². The predicted molar refractivity (Wildman–Crippen MR) is 47.5 cm³/mol. The van der Waals surface area contributed by atoms with Crippen LogP contribution in [0.3, 0.4) is 0 Å². The second-order valence-corrected chi connectivity index (χ2v) is 2.56. The van der Waals surface area contributed by atoms with Gasteiger partial charge in [0.25, 0.3) is 0 Å². The molecule has 0 bridgehead atoms. The van der Waals surface area contributed by atoms with Crippen LogP contribution >= 0.6 is 11.6 Å². The summed E-state index contributed by atoms with van der Waals surface area (Å²) in [6.45, 7) is 0. The Morgan fingerprint density at radius 1 is 1.50 bits per heavy atom. The van der Waals surface area contributed by atoms with Crippen molar-refractivity contribution in [2.75, 3.05) is 7.11 Å². The second kappa shape index (κ2) is 4.12. The molecule has 0 heterocycles. The molecule has 1 aromatic carbocycles. The standard InChI is InChI=1S/C9H8ClFO/c1-12-6-5-7-3-2-4-8(11)9(7)10/h2-6H,1H3/b6-5+. The summed E-state index contributed by atoms with van der Waals surface area (Å²) in [5.41, 5.74) is 0.610. The van der Waals surface area contributed by atoms with Gasteiger partial charge in [-0.3, -0.25) is 0 Å². The molecule has 0 aliphatic carbocycles. The lowest BCUT2D eigenvalue weighted by Crippen LogP contribution is -1.80. The molecule has 0 atom stereocenters. The quantitative estimate of drug-likeness (QED) is 0.645. The average molecular weight is 187 g/mol. The fraction of sp³-hybridized carbons (Fsp3) is 0.111. The van der Waals surface area contributed by atoms with Crippen LogP contribution in [0.4, 0.5) is 4.39 Å². The zero-order valence-corrected chi connectivity index (χ0v) is 7.31. The summed E-state index contributed by atoms with van der Waals surface area (Å²) >= 11 is 5.65. The van der Waals surface area contributed by atoms with Crippen molar-refractivity contribution < 1.29 is 9.13 Å². The molecule has 0 aliphatic rings. The van der Waals surface area contributed by atoms with Gasteiger partial charge in [-0.05, 0) is 17.7 Å². The topological polar surface area (TPSA) is 9.23 Å². The maximum absolute atomic E-state index is 12.8. The highest BCUT2D eigenvalue weighted by atomic mass is 35.5. The van der Waals surface area contributed by atoms with E-state index in [9.17, 15) is 4.39 Å². The van der Waals surface area contributed by atoms with E-state index in [2.05, 4.69) is 4.74 Å². The van der Waals surface area contributed by atoms with Gasteiger partial charge in [0, 0.05) is 0 Å². The summed E-state index contributed by atoms with van der Waals surface area (Å²) in [5.74, 6) is -0.421. The van der Waals surface area contributed by atoms with Crippen molar-refractivity contribution in [1.29, 1.82) is 0 Å². The molecular formula is C9H8ClFO. The molecule has 0 radical (unpaired) electrons. The Hall–Kier alpha value is -1.02. The maximum Gasteiger partial charge on any atom is 0.142 e. The first-order valence-corrected chi connectivity index (χ1v) is 3.77. The van der Waals surface area contributed by atoms with Crippen LogP contribution in [0, 0.1) is 5.82 Å². The second-order valence-electron chi connectivity index (χ2n) is 2.18. The van der Waals surface area contributed by atoms with Crippen molar-refractivity contribution in [3.05, 3.63) is 40.9 Å². The average Bonchev–Trinajstić information content (AvgIpc) is 2.08. The van der Waals surface area contributed by atoms with E-state index in [0.29, 0.717) is 5.56 Å². The molecule has 0 saturated heterocycles. The third-order valence-corrected chi connectivity index (χ3v) is 1.76. The van der Waals surface area contributed by atoms with Crippen LogP contribution in [0.2, 0.25) is 5.02 Å². The van der Waals surface area contributed by atoms with Gasteiger partial charge in [-0.1, -0.05) is 23.7 Å². The van der Waals surface area contributed by atoms with Crippen LogP contribution in [0.5, 0.6) is 0 Å². The summed E-state index contributed by atoms with van der Waals surface area (Å²) in [6.07, 6.45) is 3.05. The number of rotatable bonds is 2. The van der Waals surface area contributed by atoms with Crippen molar-refractivity contribution in [3.63, 3.8) is 0 Å². The van der Waals surface area contributed by atoms with E-state index in [1.165, 1.54) is 19.4 Å². The van der Waals surface area contributed by atoms with Gasteiger partial charge in [-0.2, -0.15) is 0 Å². The third-order valence-electron chi connectivity index (χ3n) is 1.37. The monoisotopic (exact) mass is 186 g/mol. The lowest BCUT2D eigenvalue weighted by molar-refractivity contribution is 0.341. The summed E-state index contributed by atoms with van der Waals surface area (Å²) in [7, 11) is 1.52. The van der Waals surface area contributed by atoms with E-state index < -0.39 is 5.82 Å². The van der Waals surface area contributed by atoms with Gasteiger partial charge in [0.15, 0.2) is 0 Å². The lowest BCUT2D eigenvalue weighted by Gasteiger charge is -1.97. The molecule has 0 amide bonds. The number of methoxy groups -OCH3 is 1. The molecule has 0 aromatic heterocycles. The van der Waals surface area contributed by atoms with Gasteiger partial charge in [0.1, 0.15) is 5.82 Å². The molecule has 0 fully saturated rings. The third kappa shape index (κ3) is 1.98. The van der Waals surface area contributed by atoms with Gasteiger partial charge in [-0.15, -0.1) is 0 Å². The summed E-state index contributed by atoms with van der Waals surface area (Å²) < 4.78 is 17.5. The van der Waals surface area contributed by atoms with Gasteiger partial charge >= 0.3 is 0 Å². The van der Waals surface area contributed by atoms with Crippen LogP contribution < -0.4 is 0 Å². The molecule has 0 aliphatic heterocycles. The van der Waals surface area contributed by atoms with E-state index in [1.807, 2.05) is 0 Å². The Morgan fingerprint density at radius 2 is 2.25 bits per heavy atom. The maximum atomic E-state index is 12.8. The number of hydrogen-bond acceptors (Lipinski definition) is 1. The highest BCUT2D eigenvalue weighted by Gasteiger charge is 2.01. The minimum absolute atomic E-state index is 0.116. The molecule has 1 nitrogen and oxygen atoms in total. The smallest absolute Gasteiger partial charge is 0.142 e.